The molecule has 1 amide bonds. The number of halogens is 6. The van der Waals surface area contributed by atoms with Crippen molar-refractivity contribution in [1.29, 1.82) is 0 Å². The Morgan fingerprint density at radius 1 is 1.05 bits per heavy atom. The minimum atomic E-state index is -4.45. The Morgan fingerprint density at radius 3 is 2.29 bits per heavy atom. The standard InChI is InChI=1S/C25H19Cl3F3N5OS/c1-12(2)32-21(37)18-19(22-33-34-23(38-22)24(9-10-24)25(29,30)31)35-36(17-8-7-15(27)11-16(17)28)20(18)13-3-5-14(26)6-4-13/h3-8,11-12H,9-10H2,1-2H3,(H,32,37). The van der Waals surface area contributed by atoms with Gasteiger partial charge in [0.05, 0.1) is 22.0 Å². The summed E-state index contributed by atoms with van der Waals surface area (Å²) in [7, 11) is 0. The van der Waals surface area contributed by atoms with Gasteiger partial charge in [-0.2, -0.15) is 18.3 Å². The highest BCUT2D eigenvalue weighted by Gasteiger charge is 2.66. The van der Waals surface area contributed by atoms with E-state index in [1.165, 1.54) is 10.7 Å². The number of nitrogens with one attached hydrogen (secondary N) is 1. The molecule has 0 bridgehead atoms. The first-order valence-corrected chi connectivity index (χ1v) is 13.4. The maximum atomic E-state index is 13.8. The number of alkyl halides is 3. The number of amides is 1. The normalized spacial score (nSPS) is 14.7. The molecule has 6 nitrogen and oxygen atoms in total. The van der Waals surface area contributed by atoms with Gasteiger partial charge in [-0.05, 0) is 57.0 Å². The number of rotatable bonds is 6. The van der Waals surface area contributed by atoms with Crippen LogP contribution in [0.15, 0.2) is 42.5 Å². The van der Waals surface area contributed by atoms with E-state index in [1.807, 2.05) is 0 Å². The van der Waals surface area contributed by atoms with Gasteiger partial charge in [0.1, 0.15) is 16.1 Å². The number of nitrogens with zero attached hydrogens (tertiary/aromatic N) is 4. The Bertz CT molecular complexity index is 1530. The number of hydrogen-bond acceptors (Lipinski definition) is 5. The molecule has 0 radical (unpaired) electrons. The van der Waals surface area contributed by atoms with Crippen LogP contribution in [0.5, 0.6) is 0 Å². The van der Waals surface area contributed by atoms with E-state index in [0.717, 1.165) is 11.3 Å². The minimum absolute atomic E-state index is 0.0589. The summed E-state index contributed by atoms with van der Waals surface area (Å²) in [6, 6.07) is 11.3. The Morgan fingerprint density at radius 2 is 1.71 bits per heavy atom. The monoisotopic (exact) mass is 599 g/mol. The van der Waals surface area contributed by atoms with Crippen molar-refractivity contribution in [2.75, 3.05) is 0 Å². The molecule has 1 fully saturated rings. The average Bonchev–Trinajstić information content (AvgIpc) is 3.35. The highest BCUT2D eigenvalue weighted by atomic mass is 35.5. The van der Waals surface area contributed by atoms with Crippen LogP contribution in [0.2, 0.25) is 15.1 Å². The zero-order chi connectivity index (χ0) is 27.4. The SMILES string of the molecule is CC(C)NC(=O)c1c(-c2nnc(C3(C(F)(F)F)CC3)s2)nn(-c2ccc(Cl)cc2Cl)c1-c1ccc(Cl)cc1. The Balaban J connectivity index is 1.78. The van der Waals surface area contributed by atoms with E-state index >= 15 is 0 Å². The van der Waals surface area contributed by atoms with Crippen molar-refractivity contribution >= 4 is 52.0 Å². The lowest BCUT2D eigenvalue weighted by molar-refractivity contribution is -0.160. The lowest BCUT2D eigenvalue weighted by atomic mass is 10.0. The smallest absolute Gasteiger partial charge is 0.350 e. The highest BCUT2D eigenvalue weighted by Crippen LogP contribution is 2.59. The van der Waals surface area contributed by atoms with Crippen LogP contribution < -0.4 is 5.32 Å². The van der Waals surface area contributed by atoms with Crippen LogP contribution in [0.3, 0.4) is 0 Å². The van der Waals surface area contributed by atoms with Crippen molar-refractivity contribution in [3.63, 3.8) is 0 Å². The number of benzene rings is 2. The van der Waals surface area contributed by atoms with Crippen LogP contribution in [0, 0.1) is 0 Å². The van der Waals surface area contributed by atoms with Crippen LogP contribution in [-0.4, -0.2) is 38.1 Å². The van der Waals surface area contributed by atoms with E-state index in [-0.39, 0.29) is 45.2 Å². The fourth-order valence-electron chi connectivity index (χ4n) is 4.07. The second-order valence-corrected chi connectivity index (χ2v) is 11.5. The van der Waals surface area contributed by atoms with E-state index in [2.05, 4.69) is 20.6 Å². The molecule has 2 heterocycles. The molecule has 198 valence electrons. The van der Waals surface area contributed by atoms with Gasteiger partial charge in [0.25, 0.3) is 5.91 Å². The van der Waals surface area contributed by atoms with Crippen molar-refractivity contribution in [3.05, 3.63) is 68.1 Å². The van der Waals surface area contributed by atoms with Gasteiger partial charge in [-0.1, -0.05) is 58.3 Å². The van der Waals surface area contributed by atoms with Crippen LogP contribution >= 0.6 is 46.1 Å². The maximum absolute atomic E-state index is 13.8. The molecular formula is C25H19Cl3F3N5OS. The van der Waals surface area contributed by atoms with Crippen LogP contribution in [0.25, 0.3) is 27.6 Å². The summed E-state index contributed by atoms with van der Waals surface area (Å²) in [5.41, 5.74) is -0.471. The molecule has 4 aromatic rings. The van der Waals surface area contributed by atoms with Crippen LogP contribution in [0.4, 0.5) is 13.2 Å². The van der Waals surface area contributed by atoms with Gasteiger partial charge < -0.3 is 5.32 Å². The quantitative estimate of drug-likeness (QED) is 0.246. The van der Waals surface area contributed by atoms with Crippen molar-refractivity contribution < 1.29 is 18.0 Å². The summed E-state index contributed by atoms with van der Waals surface area (Å²) in [5, 5.41) is 16.5. The number of carbonyl (C=O) groups excluding carboxylic acids is 1. The van der Waals surface area contributed by atoms with Gasteiger partial charge >= 0.3 is 6.18 Å². The predicted molar refractivity (Wildman–Crippen MR) is 143 cm³/mol. The molecule has 5 rings (SSSR count). The van der Waals surface area contributed by atoms with Crippen LogP contribution in [-0.2, 0) is 5.41 Å². The fourth-order valence-corrected chi connectivity index (χ4v) is 5.79. The third-order valence-electron chi connectivity index (χ3n) is 6.12. The van der Waals surface area contributed by atoms with E-state index in [4.69, 9.17) is 34.8 Å². The van der Waals surface area contributed by atoms with Gasteiger partial charge in [-0.25, -0.2) is 4.68 Å². The molecule has 1 saturated carbocycles. The largest absolute Gasteiger partial charge is 0.400 e. The fraction of sp³-hybridized carbons (Fsp3) is 0.280. The van der Waals surface area contributed by atoms with Gasteiger partial charge in [0.15, 0.2) is 5.01 Å². The Labute approximate surface area is 234 Å². The Hall–Kier alpha value is -2.66. The van der Waals surface area contributed by atoms with Gasteiger partial charge in [0, 0.05) is 21.7 Å². The molecule has 0 unspecified atom stereocenters. The summed E-state index contributed by atoms with van der Waals surface area (Å²) >= 11 is 19.5. The summed E-state index contributed by atoms with van der Waals surface area (Å²) in [4.78, 5) is 13.6. The van der Waals surface area contributed by atoms with Gasteiger partial charge in [-0.15, -0.1) is 10.2 Å². The predicted octanol–water partition coefficient (Wildman–Crippen LogP) is 7.75. The van der Waals surface area contributed by atoms with Crippen molar-refractivity contribution in [3.8, 4) is 27.6 Å². The first kappa shape index (κ1) is 26.9. The molecule has 1 aliphatic carbocycles. The number of aromatic nitrogens is 4. The zero-order valence-corrected chi connectivity index (χ0v) is 23.0. The number of hydrogen-bond donors (Lipinski definition) is 1. The van der Waals surface area contributed by atoms with Gasteiger partial charge in [-0.3, -0.25) is 4.79 Å². The molecular weight excluding hydrogens is 582 g/mol. The average molecular weight is 601 g/mol. The molecule has 2 aromatic carbocycles. The summed E-state index contributed by atoms with van der Waals surface area (Å²) < 4.78 is 42.8. The molecule has 0 spiro atoms. The van der Waals surface area contributed by atoms with E-state index < -0.39 is 17.5 Å². The lowest BCUT2D eigenvalue weighted by Gasteiger charge is -2.15. The second kappa shape index (κ2) is 9.82. The molecule has 38 heavy (non-hydrogen) atoms. The minimum Gasteiger partial charge on any atom is -0.350 e. The Kier molecular flexibility index (Phi) is 6.96. The summed E-state index contributed by atoms with van der Waals surface area (Å²) in [6.45, 7) is 3.59. The third kappa shape index (κ3) is 4.79. The van der Waals surface area contributed by atoms with Gasteiger partial charge in [0.2, 0.25) is 0 Å². The molecule has 13 heteroatoms. The summed E-state index contributed by atoms with van der Waals surface area (Å²) in [5.74, 6) is -0.481. The maximum Gasteiger partial charge on any atom is 0.400 e. The topological polar surface area (TPSA) is 72.7 Å². The first-order chi connectivity index (χ1) is 17.9. The van der Waals surface area contributed by atoms with Crippen molar-refractivity contribution in [1.82, 2.24) is 25.3 Å². The highest BCUT2D eigenvalue weighted by molar-refractivity contribution is 7.14. The molecule has 1 N–H and O–H groups in total. The zero-order valence-electron chi connectivity index (χ0n) is 19.9. The summed E-state index contributed by atoms with van der Waals surface area (Å²) in [6.07, 6.45) is -4.57. The molecule has 1 aliphatic rings. The molecule has 2 aromatic heterocycles. The molecule has 0 atom stereocenters. The van der Waals surface area contributed by atoms with E-state index in [0.29, 0.717) is 27.0 Å². The van der Waals surface area contributed by atoms with Crippen molar-refractivity contribution in [2.45, 2.75) is 44.3 Å². The van der Waals surface area contributed by atoms with Crippen LogP contribution in [0.1, 0.15) is 42.1 Å². The second-order valence-electron chi connectivity index (χ2n) is 9.21. The van der Waals surface area contributed by atoms with E-state index in [1.54, 1.807) is 50.2 Å². The molecule has 0 saturated heterocycles. The third-order valence-corrected chi connectivity index (χ3v) is 8.04. The van der Waals surface area contributed by atoms with Crippen molar-refractivity contribution in [2.24, 2.45) is 0 Å². The number of carbonyl (C=O) groups is 1. The van der Waals surface area contributed by atoms with E-state index in [9.17, 15) is 18.0 Å². The first-order valence-electron chi connectivity index (χ1n) is 11.5. The lowest BCUT2D eigenvalue weighted by Crippen LogP contribution is -2.30. The molecule has 0 aliphatic heterocycles.